The largest absolute Gasteiger partial charge is 0.343 e. The molecule has 0 bridgehead atoms. The fourth-order valence-electron chi connectivity index (χ4n) is 4.51. The van der Waals surface area contributed by atoms with Gasteiger partial charge in [0.15, 0.2) is 5.79 Å². The highest BCUT2D eigenvalue weighted by molar-refractivity contribution is 6.33. The molecule has 120 valence electrons. The molecule has 5 atom stereocenters. The Morgan fingerprint density at radius 1 is 1.39 bits per heavy atom. The first-order chi connectivity index (χ1) is 11.0. The summed E-state index contributed by atoms with van der Waals surface area (Å²) in [5.41, 5.74) is 0.354. The van der Waals surface area contributed by atoms with Gasteiger partial charge in [-0.1, -0.05) is 11.6 Å². The van der Waals surface area contributed by atoms with E-state index >= 15 is 0 Å². The van der Waals surface area contributed by atoms with Crippen molar-refractivity contribution in [3.63, 3.8) is 0 Å². The Labute approximate surface area is 137 Å². The molecule has 7 heteroatoms. The lowest BCUT2D eigenvalue weighted by molar-refractivity contribution is -0.161. The summed E-state index contributed by atoms with van der Waals surface area (Å²) in [7, 11) is 0. The van der Waals surface area contributed by atoms with Gasteiger partial charge in [0.05, 0.1) is 16.8 Å². The molecule has 2 aromatic rings. The molecule has 1 aliphatic heterocycles. The predicted molar refractivity (Wildman–Crippen MR) is 82.0 cm³/mol. The highest BCUT2D eigenvalue weighted by Gasteiger charge is 2.76. The van der Waals surface area contributed by atoms with Crippen LogP contribution >= 0.6 is 11.6 Å². The van der Waals surface area contributed by atoms with Crippen LogP contribution in [0.15, 0.2) is 18.6 Å². The number of fused-ring (bicyclic) bond motifs is 4. The van der Waals surface area contributed by atoms with Gasteiger partial charge in [-0.3, -0.25) is 0 Å². The van der Waals surface area contributed by atoms with Crippen molar-refractivity contribution >= 4 is 28.9 Å². The van der Waals surface area contributed by atoms with Crippen molar-refractivity contribution in [3.05, 3.63) is 23.7 Å². The second-order valence-electron chi connectivity index (χ2n) is 7.18. The van der Waals surface area contributed by atoms with Crippen LogP contribution in [0.25, 0.3) is 11.0 Å². The average Bonchev–Trinajstić information content (AvgIpc) is 2.78. The molecule has 0 radical (unpaired) electrons. The number of rotatable bonds is 2. The molecule has 1 saturated heterocycles. The number of hydrogen-bond acceptors (Lipinski definition) is 5. The van der Waals surface area contributed by atoms with Crippen molar-refractivity contribution in [2.24, 2.45) is 11.3 Å². The van der Waals surface area contributed by atoms with Gasteiger partial charge in [-0.05, 0) is 32.3 Å². The Kier molecular flexibility index (Phi) is 2.49. The highest BCUT2D eigenvalue weighted by Crippen LogP contribution is 2.70. The summed E-state index contributed by atoms with van der Waals surface area (Å²) in [5, 5.41) is 1.25. The zero-order chi connectivity index (χ0) is 16.0. The van der Waals surface area contributed by atoms with E-state index in [-0.39, 0.29) is 24.2 Å². The normalized spacial score (nSPS) is 40.1. The van der Waals surface area contributed by atoms with Gasteiger partial charge in [0.1, 0.15) is 35.6 Å². The molecule has 2 aromatic heterocycles. The van der Waals surface area contributed by atoms with E-state index in [0.29, 0.717) is 5.15 Å². The molecular formula is C16H16ClN3O3. The molecule has 2 saturated carbocycles. The first-order valence-corrected chi connectivity index (χ1v) is 8.14. The van der Waals surface area contributed by atoms with E-state index in [4.69, 9.17) is 21.1 Å². The maximum Gasteiger partial charge on any atom is 0.163 e. The molecule has 0 amide bonds. The fourth-order valence-corrected chi connectivity index (χ4v) is 4.70. The summed E-state index contributed by atoms with van der Waals surface area (Å²) < 4.78 is 14.3. The number of aromatic nitrogens is 3. The minimum atomic E-state index is -0.674. The lowest BCUT2D eigenvalue weighted by atomic mass is 10.0. The monoisotopic (exact) mass is 333 g/mol. The summed E-state index contributed by atoms with van der Waals surface area (Å²) in [6.07, 6.45) is 4.97. The molecule has 3 fully saturated rings. The van der Waals surface area contributed by atoms with Crippen molar-refractivity contribution in [1.29, 1.82) is 0 Å². The van der Waals surface area contributed by atoms with Crippen LogP contribution in [-0.2, 0) is 14.3 Å². The quantitative estimate of drug-likeness (QED) is 0.623. The van der Waals surface area contributed by atoms with Crippen molar-refractivity contribution in [3.8, 4) is 0 Å². The standard InChI is InChI=1S/C16H16ClN3O3/c1-15(2)22-11-10(9-5-16(9,6-21)12(11)23-15)20-4-3-8-13(17)18-7-19-14(8)20/h3-4,6-7,9-12H,5H2,1-2H3/t9-,10-,11+,12+,16+/m1/s1. The molecule has 0 unspecified atom stereocenters. The van der Waals surface area contributed by atoms with E-state index in [0.717, 1.165) is 23.7 Å². The molecule has 5 rings (SSSR count). The molecule has 0 aromatic carbocycles. The summed E-state index contributed by atoms with van der Waals surface area (Å²) in [6.45, 7) is 3.79. The number of hydrogen-bond donors (Lipinski definition) is 0. The molecule has 3 heterocycles. The van der Waals surface area contributed by atoms with Crippen LogP contribution in [0.3, 0.4) is 0 Å². The number of carbonyl (C=O) groups is 1. The minimum absolute atomic E-state index is 0.0236. The van der Waals surface area contributed by atoms with Crippen LogP contribution < -0.4 is 0 Å². The molecule has 0 N–H and O–H groups in total. The molecule has 2 aliphatic carbocycles. The van der Waals surface area contributed by atoms with Crippen LogP contribution in [0.2, 0.25) is 5.15 Å². The summed E-state index contributed by atoms with van der Waals surface area (Å²) in [5.74, 6) is -0.456. The zero-order valence-electron chi connectivity index (χ0n) is 12.8. The van der Waals surface area contributed by atoms with Gasteiger partial charge in [-0.2, -0.15) is 0 Å². The van der Waals surface area contributed by atoms with Gasteiger partial charge < -0.3 is 18.8 Å². The van der Waals surface area contributed by atoms with Gasteiger partial charge in [-0.15, -0.1) is 0 Å². The molecule has 3 aliphatic rings. The maximum atomic E-state index is 11.8. The second-order valence-corrected chi connectivity index (χ2v) is 7.53. The predicted octanol–water partition coefficient (Wildman–Crippen LogP) is 2.36. The third-order valence-corrected chi connectivity index (χ3v) is 5.81. The van der Waals surface area contributed by atoms with Gasteiger partial charge in [0.25, 0.3) is 0 Å². The van der Waals surface area contributed by atoms with Gasteiger partial charge in [-0.25, -0.2) is 9.97 Å². The van der Waals surface area contributed by atoms with E-state index in [9.17, 15) is 4.79 Å². The third-order valence-electron chi connectivity index (χ3n) is 5.51. The first-order valence-electron chi connectivity index (χ1n) is 7.76. The van der Waals surface area contributed by atoms with Crippen LogP contribution in [-0.4, -0.2) is 38.8 Å². The number of nitrogens with zero attached hydrogens (tertiary/aromatic N) is 3. The average molecular weight is 334 g/mol. The topological polar surface area (TPSA) is 66.2 Å². The summed E-state index contributed by atoms with van der Waals surface area (Å²) >= 11 is 6.16. The van der Waals surface area contributed by atoms with Crippen LogP contribution in [0.4, 0.5) is 0 Å². The van der Waals surface area contributed by atoms with Gasteiger partial charge in [0.2, 0.25) is 0 Å². The van der Waals surface area contributed by atoms with Crippen LogP contribution in [0.1, 0.15) is 26.3 Å². The number of carbonyl (C=O) groups excluding carboxylic acids is 1. The minimum Gasteiger partial charge on any atom is -0.343 e. The molecule has 6 nitrogen and oxygen atoms in total. The molecular weight excluding hydrogens is 318 g/mol. The van der Waals surface area contributed by atoms with Crippen molar-refractivity contribution in [2.45, 2.75) is 44.3 Å². The zero-order valence-corrected chi connectivity index (χ0v) is 13.5. The van der Waals surface area contributed by atoms with Gasteiger partial charge >= 0.3 is 0 Å². The van der Waals surface area contributed by atoms with Gasteiger partial charge in [0, 0.05) is 6.20 Å². The van der Waals surface area contributed by atoms with E-state index in [1.54, 1.807) is 0 Å². The van der Waals surface area contributed by atoms with E-state index in [1.165, 1.54) is 6.33 Å². The maximum absolute atomic E-state index is 11.8. The van der Waals surface area contributed by atoms with Crippen molar-refractivity contribution in [1.82, 2.24) is 14.5 Å². The third kappa shape index (κ3) is 1.64. The Morgan fingerprint density at radius 2 is 2.22 bits per heavy atom. The number of aldehydes is 1. The Bertz CT molecular complexity index is 835. The van der Waals surface area contributed by atoms with Crippen LogP contribution in [0.5, 0.6) is 0 Å². The molecule has 0 spiro atoms. The van der Waals surface area contributed by atoms with E-state index in [1.807, 2.05) is 26.1 Å². The van der Waals surface area contributed by atoms with E-state index in [2.05, 4.69) is 14.5 Å². The van der Waals surface area contributed by atoms with Crippen LogP contribution in [0, 0.1) is 11.3 Å². The second kappa shape index (κ2) is 4.12. The lowest BCUT2D eigenvalue weighted by Crippen LogP contribution is -2.32. The Morgan fingerprint density at radius 3 is 3.00 bits per heavy atom. The summed E-state index contributed by atoms with van der Waals surface area (Å²) in [4.78, 5) is 20.2. The first kappa shape index (κ1) is 13.9. The highest BCUT2D eigenvalue weighted by atomic mass is 35.5. The van der Waals surface area contributed by atoms with E-state index < -0.39 is 11.2 Å². The van der Waals surface area contributed by atoms with Crippen molar-refractivity contribution in [2.75, 3.05) is 0 Å². The summed E-state index contributed by atoms with van der Waals surface area (Å²) in [6, 6.07) is 1.94. The fraction of sp³-hybridized carbons (Fsp3) is 0.562. The lowest BCUT2D eigenvalue weighted by Gasteiger charge is -2.24. The SMILES string of the molecule is CC1(C)O[C@H]2[C@H](n3ccc4c(Cl)ncnc43)[C@H]3C[C@@]3(C=O)[C@H]2O1. The Hall–Kier alpha value is -1.50. The Balaban J connectivity index is 1.65. The number of halogens is 1. The smallest absolute Gasteiger partial charge is 0.163 e. The number of ether oxygens (including phenoxy) is 2. The molecule has 23 heavy (non-hydrogen) atoms. The van der Waals surface area contributed by atoms with Crippen molar-refractivity contribution < 1.29 is 14.3 Å².